The third kappa shape index (κ3) is 3.01. The Labute approximate surface area is 99.5 Å². The molecule has 1 rings (SSSR count). The first-order valence-corrected chi connectivity index (χ1v) is 6.42. The van der Waals surface area contributed by atoms with E-state index in [1.807, 2.05) is 6.92 Å². The number of phenols is 1. The molecule has 0 spiro atoms. The third-order valence-electron chi connectivity index (χ3n) is 3.38. The first kappa shape index (κ1) is 13.1. The molecule has 0 saturated carbocycles. The lowest BCUT2D eigenvalue weighted by Crippen LogP contribution is -1.96. The zero-order valence-corrected chi connectivity index (χ0v) is 11.0. The van der Waals surface area contributed by atoms with Gasteiger partial charge in [0.15, 0.2) is 0 Å². The highest BCUT2D eigenvalue weighted by Gasteiger charge is 2.10. The standard InChI is InChI=1S/C15H24O/c1-5-7-8-13-10-14(11(3)6-2)9-12(4)15(13)16/h9-11,16H,5-8H2,1-4H3. The average molecular weight is 220 g/mol. The van der Waals surface area contributed by atoms with Crippen LogP contribution in [0.4, 0.5) is 0 Å². The number of benzene rings is 1. The summed E-state index contributed by atoms with van der Waals surface area (Å²) in [4.78, 5) is 0. The zero-order valence-electron chi connectivity index (χ0n) is 11.0. The number of hydrogen-bond donors (Lipinski definition) is 1. The second kappa shape index (κ2) is 5.93. The molecule has 0 aliphatic carbocycles. The summed E-state index contributed by atoms with van der Waals surface area (Å²) in [5.74, 6) is 1.08. The van der Waals surface area contributed by atoms with Crippen LogP contribution in [0.1, 0.15) is 62.6 Å². The van der Waals surface area contributed by atoms with Crippen molar-refractivity contribution < 1.29 is 5.11 Å². The molecule has 1 nitrogen and oxygen atoms in total. The van der Waals surface area contributed by atoms with Crippen molar-refractivity contribution in [2.45, 2.75) is 59.3 Å². The lowest BCUT2D eigenvalue weighted by molar-refractivity contribution is 0.462. The van der Waals surface area contributed by atoms with Crippen LogP contribution in [0.5, 0.6) is 5.75 Å². The van der Waals surface area contributed by atoms with E-state index in [4.69, 9.17) is 0 Å². The molecule has 0 bridgehead atoms. The van der Waals surface area contributed by atoms with Crippen molar-refractivity contribution in [3.8, 4) is 5.75 Å². The third-order valence-corrected chi connectivity index (χ3v) is 3.38. The van der Waals surface area contributed by atoms with Gasteiger partial charge in [-0.15, -0.1) is 0 Å². The Morgan fingerprint density at radius 2 is 1.94 bits per heavy atom. The maximum atomic E-state index is 10.0. The van der Waals surface area contributed by atoms with Gasteiger partial charge in [-0.25, -0.2) is 0 Å². The van der Waals surface area contributed by atoms with Crippen LogP contribution in [0.15, 0.2) is 12.1 Å². The Morgan fingerprint density at radius 3 is 2.50 bits per heavy atom. The van der Waals surface area contributed by atoms with Crippen molar-refractivity contribution in [1.29, 1.82) is 0 Å². The lowest BCUT2D eigenvalue weighted by Gasteiger charge is -2.14. The molecule has 16 heavy (non-hydrogen) atoms. The normalized spacial score (nSPS) is 12.8. The summed E-state index contributed by atoms with van der Waals surface area (Å²) in [5.41, 5.74) is 3.50. The first-order chi connectivity index (χ1) is 7.60. The van der Waals surface area contributed by atoms with E-state index in [0.717, 1.165) is 30.4 Å². The Kier molecular flexibility index (Phi) is 4.85. The Balaban J connectivity index is 3.01. The number of hydrogen-bond acceptors (Lipinski definition) is 1. The van der Waals surface area contributed by atoms with Gasteiger partial charge in [-0.3, -0.25) is 0 Å². The molecule has 0 amide bonds. The molecule has 0 heterocycles. The maximum Gasteiger partial charge on any atom is 0.121 e. The quantitative estimate of drug-likeness (QED) is 0.771. The molecule has 1 N–H and O–H groups in total. The topological polar surface area (TPSA) is 20.2 Å². The predicted molar refractivity (Wildman–Crippen MR) is 70.2 cm³/mol. The molecular weight excluding hydrogens is 196 g/mol. The molecule has 1 unspecified atom stereocenters. The highest BCUT2D eigenvalue weighted by atomic mass is 16.3. The van der Waals surface area contributed by atoms with E-state index in [-0.39, 0.29) is 0 Å². The minimum atomic E-state index is 0.500. The van der Waals surface area contributed by atoms with Gasteiger partial charge in [-0.1, -0.05) is 39.3 Å². The van der Waals surface area contributed by atoms with Gasteiger partial charge < -0.3 is 5.11 Å². The summed E-state index contributed by atoms with van der Waals surface area (Å²) in [7, 11) is 0. The minimum Gasteiger partial charge on any atom is -0.507 e. The second-order valence-corrected chi connectivity index (χ2v) is 4.76. The molecular formula is C15H24O. The molecule has 1 atom stereocenters. The minimum absolute atomic E-state index is 0.500. The van der Waals surface area contributed by atoms with Crippen LogP contribution in [0.3, 0.4) is 0 Å². The molecule has 1 heteroatoms. The fraction of sp³-hybridized carbons (Fsp3) is 0.600. The van der Waals surface area contributed by atoms with E-state index < -0.39 is 0 Å². The summed E-state index contributed by atoms with van der Waals surface area (Å²) in [6, 6.07) is 4.31. The van der Waals surface area contributed by atoms with Crippen molar-refractivity contribution in [2.75, 3.05) is 0 Å². The summed E-state index contributed by atoms with van der Waals surface area (Å²) in [6.45, 7) is 8.63. The van der Waals surface area contributed by atoms with E-state index in [2.05, 4.69) is 32.9 Å². The highest BCUT2D eigenvalue weighted by Crippen LogP contribution is 2.29. The van der Waals surface area contributed by atoms with Crippen molar-refractivity contribution >= 4 is 0 Å². The highest BCUT2D eigenvalue weighted by molar-refractivity contribution is 5.44. The van der Waals surface area contributed by atoms with E-state index in [1.165, 1.54) is 12.0 Å². The summed E-state index contributed by atoms with van der Waals surface area (Å²) < 4.78 is 0. The van der Waals surface area contributed by atoms with Crippen LogP contribution < -0.4 is 0 Å². The second-order valence-electron chi connectivity index (χ2n) is 4.76. The monoisotopic (exact) mass is 220 g/mol. The van der Waals surface area contributed by atoms with E-state index in [1.54, 1.807) is 0 Å². The Hall–Kier alpha value is -0.980. The van der Waals surface area contributed by atoms with Crippen molar-refractivity contribution in [3.63, 3.8) is 0 Å². The van der Waals surface area contributed by atoms with Gasteiger partial charge in [0.2, 0.25) is 0 Å². The molecule has 90 valence electrons. The van der Waals surface area contributed by atoms with Crippen LogP contribution in [0.2, 0.25) is 0 Å². The number of aromatic hydroxyl groups is 1. The smallest absolute Gasteiger partial charge is 0.121 e. The van der Waals surface area contributed by atoms with E-state index in [0.29, 0.717) is 11.7 Å². The molecule has 0 aliphatic heterocycles. The van der Waals surface area contributed by atoms with Crippen molar-refractivity contribution in [2.24, 2.45) is 0 Å². The summed E-state index contributed by atoms with van der Waals surface area (Å²) >= 11 is 0. The predicted octanol–water partition coefficient (Wildman–Crippen LogP) is 4.56. The zero-order chi connectivity index (χ0) is 12.1. The van der Waals surface area contributed by atoms with Crippen LogP contribution in [0, 0.1) is 6.92 Å². The fourth-order valence-corrected chi connectivity index (χ4v) is 1.96. The molecule has 1 aromatic rings. The number of aryl methyl sites for hydroxylation is 2. The lowest BCUT2D eigenvalue weighted by atomic mass is 9.92. The molecule has 1 aromatic carbocycles. The maximum absolute atomic E-state index is 10.0. The number of unbranched alkanes of at least 4 members (excludes halogenated alkanes) is 1. The van der Waals surface area contributed by atoms with Crippen LogP contribution in [-0.4, -0.2) is 5.11 Å². The van der Waals surface area contributed by atoms with Crippen molar-refractivity contribution in [1.82, 2.24) is 0 Å². The van der Waals surface area contributed by atoms with Crippen molar-refractivity contribution in [3.05, 3.63) is 28.8 Å². The van der Waals surface area contributed by atoms with Crippen LogP contribution >= 0.6 is 0 Å². The molecule has 0 aromatic heterocycles. The van der Waals surface area contributed by atoms with Crippen LogP contribution in [-0.2, 0) is 6.42 Å². The Morgan fingerprint density at radius 1 is 1.25 bits per heavy atom. The summed E-state index contributed by atoms with van der Waals surface area (Å²) in [6.07, 6.45) is 4.47. The largest absolute Gasteiger partial charge is 0.507 e. The van der Waals surface area contributed by atoms with Gasteiger partial charge in [0.1, 0.15) is 5.75 Å². The fourth-order valence-electron chi connectivity index (χ4n) is 1.96. The number of phenolic OH excluding ortho intramolecular Hbond substituents is 1. The van der Waals surface area contributed by atoms with Gasteiger partial charge >= 0.3 is 0 Å². The van der Waals surface area contributed by atoms with E-state index in [9.17, 15) is 5.11 Å². The summed E-state index contributed by atoms with van der Waals surface area (Å²) in [5, 5.41) is 10.0. The van der Waals surface area contributed by atoms with Gasteiger partial charge in [0.05, 0.1) is 0 Å². The molecule has 0 fully saturated rings. The van der Waals surface area contributed by atoms with Gasteiger partial charge in [-0.05, 0) is 48.8 Å². The first-order valence-electron chi connectivity index (χ1n) is 6.42. The average Bonchev–Trinajstić information content (AvgIpc) is 2.29. The molecule has 0 radical (unpaired) electrons. The molecule has 0 aliphatic rings. The van der Waals surface area contributed by atoms with Gasteiger partial charge in [-0.2, -0.15) is 0 Å². The SMILES string of the molecule is CCCCc1cc(C(C)CC)cc(C)c1O. The Bertz CT molecular complexity index is 342. The van der Waals surface area contributed by atoms with Gasteiger partial charge in [0.25, 0.3) is 0 Å². The molecule has 0 saturated heterocycles. The van der Waals surface area contributed by atoms with Crippen LogP contribution in [0.25, 0.3) is 0 Å². The van der Waals surface area contributed by atoms with Gasteiger partial charge in [0, 0.05) is 0 Å². The number of rotatable bonds is 5. The van der Waals surface area contributed by atoms with E-state index >= 15 is 0 Å².